The van der Waals surface area contributed by atoms with Gasteiger partial charge in [-0.3, -0.25) is 0 Å². The summed E-state index contributed by atoms with van der Waals surface area (Å²) in [6.07, 6.45) is -0.694. The molecule has 0 amide bonds. The van der Waals surface area contributed by atoms with Gasteiger partial charge in [-0.05, 0) is 47.9 Å². The summed E-state index contributed by atoms with van der Waals surface area (Å²) in [6.45, 7) is 2.28. The first kappa shape index (κ1) is 16.8. The Bertz CT molecular complexity index is 648. The predicted molar refractivity (Wildman–Crippen MR) is 92.1 cm³/mol. The molecule has 3 N–H and O–H groups in total. The van der Waals surface area contributed by atoms with E-state index >= 15 is 0 Å². The summed E-state index contributed by atoms with van der Waals surface area (Å²) in [7, 11) is 0. The molecule has 0 aliphatic heterocycles. The highest BCUT2D eigenvalue weighted by atomic mass is 79.9. The summed E-state index contributed by atoms with van der Waals surface area (Å²) >= 11 is 15.4. The third-order valence-electron chi connectivity index (χ3n) is 3.56. The Balaban J connectivity index is 2.37. The van der Waals surface area contributed by atoms with Gasteiger partial charge in [0.15, 0.2) is 0 Å². The van der Waals surface area contributed by atoms with Gasteiger partial charge in [0.05, 0.1) is 16.1 Å². The number of rotatable bonds is 4. The lowest BCUT2D eigenvalue weighted by molar-refractivity contribution is 0.147. The zero-order valence-corrected chi connectivity index (χ0v) is 14.6. The number of aryl methyl sites for hydroxylation is 1. The molecule has 2 aromatic rings. The molecule has 0 saturated carbocycles. The molecule has 0 heterocycles. The lowest BCUT2D eigenvalue weighted by Gasteiger charge is -2.24. The van der Waals surface area contributed by atoms with Crippen LogP contribution in [0.2, 0.25) is 10.0 Å². The molecule has 0 bridgehead atoms. The number of hydrogen-bond donors (Lipinski definition) is 2. The fraction of sp³-hybridized carbons (Fsp3) is 0.250. The maximum absolute atomic E-state index is 10.7. The van der Waals surface area contributed by atoms with Crippen molar-refractivity contribution in [2.24, 2.45) is 5.73 Å². The zero-order chi connectivity index (χ0) is 15.6. The molecule has 2 atom stereocenters. The van der Waals surface area contributed by atoms with Crippen molar-refractivity contribution in [3.05, 3.63) is 67.6 Å². The second kappa shape index (κ2) is 7.12. The van der Waals surface area contributed by atoms with Crippen molar-refractivity contribution in [3.8, 4) is 0 Å². The Morgan fingerprint density at radius 1 is 1.14 bits per heavy atom. The van der Waals surface area contributed by atoms with Crippen LogP contribution in [0.5, 0.6) is 0 Å². The van der Waals surface area contributed by atoms with Crippen LogP contribution < -0.4 is 5.73 Å². The highest BCUT2D eigenvalue weighted by Gasteiger charge is 2.23. The van der Waals surface area contributed by atoms with Crippen molar-refractivity contribution in [1.29, 1.82) is 0 Å². The Morgan fingerprint density at radius 3 is 2.43 bits per heavy atom. The third-order valence-corrected chi connectivity index (χ3v) is 4.79. The van der Waals surface area contributed by atoms with E-state index in [4.69, 9.17) is 28.9 Å². The lowest BCUT2D eigenvalue weighted by Crippen LogP contribution is -2.20. The number of aliphatic hydroxyl groups excluding tert-OH is 1. The SMILES string of the molecule is Cc1cc(Br)ccc1C(O)C(CN)c1ccc(Cl)c(Cl)c1. The van der Waals surface area contributed by atoms with Gasteiger partial charge in [0.1, 0.15) is 0 Å². The van der Waals surface area contributed by atoms with Gasteiger partial charge in [-0.1, -0.05) is 51.3 Å². The Kier molecular flexibility index (Phi) is 5.69. The smallest absolute Gasteiger partial charge is 0.0873 e. The minimum atomic E-state index is -0.694. The van der Waals surface area contributed by atoms with E-state index in [2.05, 4.69) is 15.9 Å². The molecule has 0 radical (unpaired) electrons. The second-order valence-corrected chi connectivity index (χ2v) is 6.69. The van der Waals surface area contributed by atoms with Crippen molar-refractivity contribution in [2.75, 3.05) is 6.54 Å². The quantitative estimate of drug-likeness (QED) is 0.786. The highest BCUT2D eigenvalue weighted by molar-refractivity contribution is 9.10. The molecule has 0 aromatic heterocycles. The summed E-state index contributed by atoms with van der Waals surface area (Å²) in [5.74, 6) is -0.236. The summed E-state index contributed by atoms with van der Waals surface area (Å²) in [5.41, 5.74) is 8.61. The normalized spacial score (nSPS) is 14.0. The summed E-state index contributed by atoms with van der Waals surface area (Å²) in [4.78, 5) is 0. The van der Waals surface area contributed by atoms with E-state index in [1.54, 1.807) is 12.1 Å². The average molecular weight is 389 g/mol. The van der Waals surface area contributed by atoms with E-state index < -0.39 is 6.10 Å². The van der Waals surface area contributed by atoms with Crippen LogP contribution in [0.3, 0.4) is 0 Å². The van der Waals surface area contributed by atoms with Crippen LogP contribution >= 0.6 is 39.1 Å². The van der Waals surface area contributed by atoms with Gasteiger partial charge in [0.2, 0.25) is 0 Å². The molecular formula is C16H16BrCl2NO. The molecular weight excluding hydrogens is 373 g/mol. The molecule has 2 rings (SSSR count). The molecule has 0 aliphatic rings. The monoisotopic (exact) mass is 387 g/mol. The zero-order valence-electron chi connectivity index (χ0n) is 11.5. The summed E-state index contributed by atoms with van der Waals surface area (Å²) in [5, 5.41) is 11.7. The van der Waals surface area contributed by atoms with Gasteiger partial charge >= 0.3 is 0 Å². The van der Waals surface area contributed by atoms with Gasteiger partial charge in [0, 0.05) is 16.9 Å². The van der Waals surface area contributed by atoms with Crippen LogP contribution in [0, 0.1) is 6.92 Å². The van der Waals surface area contributed by atoms with Crippen LogP contribution in [0.4, 0.5) is 0 Å². The van der Waals surface area contributed by atoms with Crippen LogP contribution in [0.15, 0.2) is 40.9 Å². The molecule has 0 spiro atoms. The maximum atomic E-state index is 10.7. The molecule has 0 aliphatic carbocycles. The summed E-state index contributed by atoms with van der Waals surface area (Å²) in [6, 6.07) is 11.1. The van der Waals surface area contributed by atoms with Crippen molar-refractivity contribution in [2.45, 2.75) is 18.9 Å². The third kappa shape index (κ3) is 3.79. The van der Waals surface area contributed by atoms with E-state index in [1.165, 1.54) is 0 Å². The standard InChI is InChI=1S/C16H16BrCl2NO/c1-9-6-11(17)3-4-12(9)16(21)13(8-20)10-2-5-14(18)15(19)7-10/h2-7,13,16,21H,8,20H2,1H3. The average Bonchev–Trinajstić information content (AvgIpc) is 2.43. The van der Waals surface area contributed by atoms with Gasteiger partial charge in [-0.25, -0.2) is 0 Å². The minimum absolute atomic E-state index is 0.236. The first-order chi connectivity index (χ1) is 9.93. The van der Waals surface area contributed by atoms with E-state index in [9.17, 15) is 5.11 Å². The molecule has 2 nitrogen and oxygen atoms in total. The Morgan fingerprint density at radius 2 is 1.86 bits per heavy atom. The first-order valence-corrected chi connectivity index (χ1v) is 8.08. The van der Waals surface area contributed by atoms with Crippen molar-refractivity contribution in [1.82, 2.24) is 0 Å². The van der Waals surface area contributed by atoms with Crippen LogP contribution in [-0.4, -0.2) is 11.7 Å². The molecule has 2 unspecified atom stereocenters. The maximum Gasteiger partial charge on any atom is 0.0873 e. The number of aliphatic hydroxyl groups is 1. The van der Waals surface area contributed by atoms with Crippen molar-refractivity contribution >= 4 is 39.1 Å². The Labute approximate surface area is 143 Å². The highest BCUT2D eigenvalue weighted by Crippen LogP contribution is 2.35. The van der Waals surface area contributed by atoms with Gasteiger partial charge in [-0.15, -0.1) is 0 Å². The second-order valence-electron chi connectivity index (χ2n) is 4.96. The molecule has 5 heteroatoms. The lowest BCUT2D eigenvalue weighted by atomic mass is 9.87. The number of benzene rings is 2. The number of halogens is 3. The Hall–Kier alpha value is -0.580. The van der Waals surface area contributed by atoms with Crippen molar-refractivity contribution < 1.29 is 5.11 Å². The predicted octanol–water partition coefficient (Wildman–Crippen LogP) is 4.84. The summed E-state index contributed by atoms with van der Waals surface area (Å²) < 4.78 is 0.981. The minimum Gasteiger partial charge on any atom is -0.388 e. The van der Waals surface area contributed by atoms with Gasteiger partial charge in [0.25, 0.3) is 0 Å². The van der Waals surface area contributed by atoms with Crippen LogP contribution in [0.1, 0.15) is 28.7 Å². The molecule has 2 aromatic carbocycles. The van der Waals surface area contributed by atoms with Gasteiger partial charge < -0.3 is 10.8 Å². The molecule has 0 fully saturated rings. The number of hydrogen-bond acceptors (Lipinski definition) is 2. The number of nitrogens with two attached hydrogens (primary N) is 1. The van der Waals surface area contributed by atoms with Crippen LogP contribution in [-0.2, 0) is 0 Å². The van der Waals surface area contributed by atoms with Crippen molar-refractivity contribution in [3.63, 3.8) is 0 Å². The fourth-order valence-electron chi connectivity index (χ4n) is 2.38. The first-order valence-electron chi connectivity index (χ1n) is 6.53. The van der Waals surface area contributed by atoms with E-state index in [0.717, 1.165) is 21.2 Å². The van der Waals surface area contributed by atoms with E-state index in [0.29, 0.717) is 16.6 Å². The van der Waals surface area contributed by atoms with E-state index in [-0.39, 0.29) is 5.92 Å². The largest absolute Gasteiger partial charge is 0.388 e. The fourth-order valence-corrected chi connectivity index (χ4v) is 3.16. The van der Waals surface area contributed by atoms with Gasteiger partial charge in [-0.2, -0.15) is 0 Å². The topological polar surface area (TPSA) is 46.2 Å². The molecule has 0 saturated heterocycles. The molecule has 112 valence electrons. The molecule has 21 heavy (non-hydrogen) atoms. The van der Waals surface area contributed by atoms with Crippen LogP contribution in [0.25, 0.3) is 0 Å². The van der Waals surface area contributed by atoms with E-state index in [1.807, 2.05) is 31.2 Å².